The highest BCUT2D eigenvalue weighted by Gasteiger charge is 2.51. The number of aromatic nitrogens is 1. The van der Waals surface area contributed by atoms with Gasteiger partial charge in [0.2, 0.25) is 0 Å². The first-order chi connectivity index (χ1) is 12.3. The Balaban J connectivity index is 1.48. The van der Waals surface area contributed by atoms with Gasteiger partial charge in [0.05, 0.1) is 17.8 Å². The van der Waals surface area contributed by atoms with Crippen LogP contribution in [0.15, 0.2) is 42.6 Å². The predicted molar refractivity (Wildman–Crippen MR) is 103 cm³/mol. The molecule has 4 nitrogen and oxygen atoms in total. The van der Waals surface area contributed by atoms with E-state index in [9.17, 15) is 0 Å². The van der Waals surface area contributed by atoms with E-state index < -0.39 is 0 Å². The van der Waals surface area contributed by atoms with Gasteiger partial charge in [-0.05, 0) is 69.8 Å². The van der Waals surface area contributed by atoms with E-state index in [0.29, 0.717) is 5.92 Å². The van der Waals surface area contributed by atoms with E-state index in [-0.39, 0.29) is 18.3 Å². The number of fused-ring (bicyclic) bond motifs is 1. The van der Waals surface area contributed by atoms with Crippen LogP contribution in [0.1, 0.15) is 39.0 Å². The van der Waals surface area contributed by atoms with E-state index in [0.717, 1.165) is 36.4 Å². The lowest BCUT2D eigenvalue weighted by molar-refractivity contribution is 0.00578. The minimum atomic E-state index is -0.347. The normalized spacial score (nSPS) is 23.4. The first kappa shape index (κ1) is 17.6. The monoisotopic (exact) mass is 351 g/mol. The van der Waals surface area contributed by atoms with Crippen LogP contribution in [0, 0.1) is 5.92 Å². The third-order valence-corrected chi connectivity index (χ3v) is 5.82. The standard InChI is InChI=1S/C21H26BNO3/c1-20(2)21(3,4)26-22(25-20)17-9-8-16-11-15(14-24-19(16)13-17)12-18-7-5-6-10-23-18/h5-10,13,15H,11-12,14H2,1-4H3/t15-/m0/s1. The maximum Gasteiger partial charge on any atom is 0.494 e. The second kappa shape index (κ2) is 6.40. The lowest BCUT2D eigenvalue weighted by Crippen LogP contribution is -2.41. The third-order valence-electron chi connectivity index (χ3n) is 5.82. The van der Waals surface area contributed by atoms with Crippen molar-refractivity contribution in [3.63, 3.8) is 0 Å². The number of benzene rings is 1. The Hall–Kier alpha value is -1.85. The van der Waals surface area contributed by atoms with Gasteiger partial charge in [-0.3, -0.25) is 4.98 Å². The van der Waals surface area contributed by atoms with Crippen molar-refractivity contribution in [3.05, 3.63) is 53.9 Å². The van der Waals surface area contributed by atoms with Crippen LogP contribution in [-0.4, -0.2) is 29.9 Å². The van der Waals surface area contributed by atoms with Gasteiger partial charge in [-0.25, -0.2) is 0 Å². The molecular formula is C21H26BNO3. The first-order valence-electron chi connectivity index (χ1n) is 9.35. The van der Waals surface area contributed by atoms with E-state index in [2.05, 4.69) is 56.9 Å². The molecule has 1 fully saturated rings. The van der Waals surface area contributed by atoms with Crippen molar-refractivity contribution < 1.29 is 14.0 Å². The topological polar surface area (TPSA) is 40.6 Å². The summed E-state index contributed by atoms with van der Waals surface area (Å²) in [5.74, 6) is 1.41. The van der Waals surface area contributed by atoms with Crippen molar-refractivity contribution in [1.82, 2.24) is 4.98 Å². The molecule has 3 heterocycles. The van der Waals surface area contributed by atoms with Crippen molar-refractivity contribution in [2.75, 3.05) is 6.61 Å². The summed E-state index contributed by atoms with van der Waals surface area (Å²) in [6.07, 6.45) is 3.80. The molecule has 2 aliphatic heterocycles. The van der Waals surface area contributed by atoms with Crippen molar-refractivity contribution in [3.8, 4) is 5.75 Å². The zero-order chi connectivity index (χ0) is 18.4. The molecule has 0 saturated carbocycles. The number of pyridine rings is 1. The Bertz CT molecular complexity index is 775. The summed E-state index contributed by atoms with van der Waals surface area (Å²) in [6.45, 7) is 9.01. The van der Waals surface area contributed by atoms with Crippen LogP contribution in [0.4, 0.5) is 0 Å². The highest BCUT2D eigenvalue weighted by molar-refractivity contribution is 6.62. The quantitative estimate of drug-likeness (QED) is 0.797. The minimum Gasteiger partial charge on any atom is -0.493 e. The highest BCUT2D eigenvalue weighted by Crippen LogP contribution is 2.37. The van der Waals surface area contributed by atoms with E-state index in [1.165, 1.54) is 5.56 Å². The van der Waals surface area contributed by atoms with Gasteiger partial charge in [0.25, 0.3) is 0 Å². The summed E-state index contributed by atoms with van der Waals surface area (Å²) < 4.78 is 18.4. The zero-order valence-corrected chi connectivity index (χ0v) is 16.0. The van der Waals surface area contributed by atoms with E-state index in [1.54, 1.807) is 0 Å². The average molecular weight is 351 g/mol. The van der Waals surface area contributed by atoms with Gasteiger partial charge in [-0.15, -0.1) is 0 Å². The average Bonchev–Trinajstić information content (AvgIpc) is 2.83. The van der Waals surface area contributed by atoms with Gasteiger partial charge in [-0.2, -0.15) is 0 Å². The van der Waals surface area contributed by atoms with Gasteiger partial charge in [0.15, 0.2) is 0 Å². The van der Waals surface area contributed by atoms with Crippen molar-refractivity contribution in [2.45, 2.75) is 51.7 Å². The highest BCUT2D eigenvalue weighted by atomic mass is 16.7. The molecule has 0 N–H and O–H groups in total. The number of hydrogen-bond acceptors (Lipinski definition) is 4. The van der Waals surface area contributed by atoms with Crippen LogP contribution in [0.5, 0.6) is 5.75 Å². The van der Waals surface area contributed by atoms with Crippen molar-refractivity contribution in [2.24, 2.45) is 5.92 Å². The Labute approximate surface area is 156 Å². The first-order valence-corrected chi connectivity index (χ1v) is 9.35. The Kier molecular flexibility index (Phi) is 4.32. The number of ether oxygens (including phenoxy) is 1. The molecule has 1 saturated heterocycles. The van der Waals surface area contributed by atoms with Crippen molar-refractivity contribution >= 4 is 12.6 Å². The molecule has 0 unspecified atom stereocenters. The predicted octanol–water partition coefficient (Wildman–Crippen LogP) is 3.17. The Morgan fingerprint density at radius 3 is 2.54 bits per heavy atom. The molecule has 1 aromatic heterocycles. The molecule has 0 radical (unpaired) electrons. The third kappa shape index (κ3) is 3.26. The van der Waals surface area contributed by atoms with Crippen LogP contribution >= 0.6 is 0 Å². The second-order valence-electron chi connectivity index (χ2n) is 8.36. The van der Waals surface area contributed by atoms with Gasteiger partial charge < -0.3 is 14.0 Å². The molecule has 0 aliphatic carbocycles. The largest absolute Gasteiger partial charge is 0.494 e. The molecule has 0 amide bonds. The maximum absolute atomic E-state index is 6.16. The molecular weight excluding hydrogens is 325 g/mol. The summed E-state index contributed by atoms with van der Waals surface area (Å²) in [7, 11) is -0.347. The molecule has 1 aromatic carbocycles. The summed E-state index contributed by atoms with van der Waals surface area (Å²) >= 11 is 0. The Morgan fingerprint density at radius 2 is 1.85 bits per heavy atom. The summed E-state index contributed by atoms with van der Waals surface area (Å²) in [5, 5.41) is 0. The fraction of sp³-hybridized carbons (Fsp3) is 0.476. The summed E-state index contributed by atoms with van der Waals surface area (Å²) in [6, 6.07) is 12.4. The number of rotatable bonds is 3. The van der Waals surface area contributed by atoms with Crippen molar-refractivity contribution in [1.29, 1.82) is 0 Å². The van der Waals surface area contributed by atoms with Crippen LogP contribution in [0.25, 0.3) is 0 Å². The van der Waals surface area contributed by atoms with Crippen LogP contribution < -0.4 is 10.2 Å². The minimum absolute atomic E-state index is 0.331. The SMILES string of the molecule is CC1(C)OB(c2ccc3c(c2)OC[C@H](Cc2ccccn2)C3)OC1(C)C. The van der Waals surface area contributed by atoms with Gasteiger partial charge in [0, 0.05) is 17.8 Å². The molecule has 136 valence electrons. The smallest absolute Gasteiger partial charge is 0.493 e. The molecule has 2 aliphatic rings. The van der Waals surface area contributed by atoms with Gasteiger partial charge >= 0.3 is 7.12 Å². The summed E-state index contributed by atoms with van der Waals surface area (Å²) in [4.78, 5) is 4.43. The number of nitrogens with zero attached hydrogens (tertiary/aromatic N) is 1. The van der Waals surface area contributed by atoms with E-state index in [4.69, 9.17) is 14.0 Å². The van der Waals surface area contributed by atoms with Gasteiger partial charge in [-0.1, -0.05) is 18.2 Å². The Morgan fingerprint density at radius 1 is 1.08 bits per heavy atom. The fourth-order valence-corrected chi connectivity index (χ4v) is 3.52. The lowest BCUT2D eigenvalue weighted by atomic mass is 9.78. The second-order valence-corrected chi connectivity index (χ2v) is 8.36. The van der Waals surface area contributed by atoms with Crippen LogP contribution in [-0.2, 0) is 22.2 Å². The lowest BCUT2D eigenvalue weighted by Gasteiger charge is -2.32. The summed E-state index contributed by atoms with van der Waals surface area (Å²) in [5.41, 5.74) is 2.73. The molecule has 1 atom stereocenters. The number of hydrogen-bond donors (Lipinski definition) is 0. The van der Waals surface area contributed by atoms with Crippen LogP contribution in [0.3, 0.4) is 0 Å². The van der Waals surface area contributed by atoms with E-state index in [1.807, 2.05) is 18.3 Å². The fourth-order valence-electron chi connectivity index (χ4n) is 3.52. The van der Waals surface area contributed by atoms with Crippen LogP contribution in [0.2, 0.25) is 0 Å². The molecule has 4 rings (SSSR count). The van der Waals surface area contributed by atoms with E-state index >= 15 is 0 Å². The molecule has 5 heteroatoms. The molecule has 2 aromatic rings. The zero-order valence-electron chi connectivity index (χ0n) is 16.0. The molecule has 26 heavy (non-hydrogen) atoms. The molecule has 0 bridgehead atoms. The van der Waals surface area contributed by atoms with Gasteiger partial charge in [0.1, 0.15) is 5.75 Å². The molecule has 0 spiro atoms. The maximum atomic E-state index is 6.16.